The Morgan fingerprint density at radius 2 is 1.72 bits per heavy atom. The van der Waals surface area contributed by atoms with E-state index in [1.54, 1.807) is 0 Å². The number of benzene rings is 1. The molecule has 1 N–H and O–H groups in total. The average Bonchev–Trinajstić information content (AvgIpc) is 3.32. The number of amides is 1. The summed E-state index contributed by atoms with van der Waals surface area (Å²) in [6, 6.07) is 8.22. The Bertz CT molecular complexity index is 1790. The Kier molecular flexibility index (Phi) is 7.17. The van der Waals surface area contributed by atoms with Gasteiger partial charge in [-0.2, -0.15) is 55.3 Å². The smallest absolute Gasteiger partial charge is 0.334 e. The van der Waals surface area contributed by atoms with Crippen molar-refractivity contribution in [2.24, 2.45) is 0 Å². The summed E-state index contributed by atoms with van der Waals surface area (Å²) in [6.07, 6.45) is -8.53. The van der Waals surface area contributed by atoms with E-state index in [1.807, 2.05) is 6.07 Å². The molecule has 0 spiro atoms. The van der Waals surface area contributed by atoms with Crippen molar-refractivity contribution >= 4 is 29.1 Å². The maximum absolute atomic E-state index is 14.5. The zero-order valence-electron chi connectivity index (χ0n) is 20.9. The number of nitrogens with one attached hydrogen (secondary N) is 1. The van der Waals surface area contributed by atoms with Crippen molar-refractivity contribution in [1.29, 1.82) is 5.26 Å². The zero-order chi connectivity index (χ0) is 31.5. The Balaban J connectivity index is 1.69. The summed E-state index contributed by atoms with van der Waals surface area (Å²) < 4.78 is 112. The van der Waals surface area contributed by atoms with Gasteiger partial charge in [0.15, 0.2) is 17.3 Å². The van der Waals surface area contributed by atoms with E-state index in [2.05, 4.69) is 20.5 Å². The first kappa shape index (κ1) is 30.2. The number of carbonyl (C=O) groups excluding carboxylic acids is 1. The van der Waals surface area contributed by atoms with Crippen molar-refractivity contribution in [3.8, 4) is 28.8 Å². The molecule has 1 fully saturated rings. The molecule has 0 atom stereocenters. The summed E-state index contributed by atoms with van der Waals surface area (Å²) in [6.45, 7) is 0. The van der Waals surface area contributed by atoms with Crippen LogP contribution in [0.4, 0.5) is 35.1 Å². The largest absolute Gasteiger partial charge is 0.459 e. The molecule has 1 aliphatic carbocycles. The van der Waals surface area contributed by atoms with Crippen molar-refractivity contribution in [2.45, 2.75) is 36.7 Å². The highest BCUT2D eigenvalue weighted by atomic mass is 35.5. The van der Waals surface area contributed by atoms with Crippen LogP contribution in [-0.4, -0.2) is 42.2 Å². The fourth-order valence-corrected chi connectivity index (χ4v) is 4.46. The molecule has 1 amide bonds. The predicted octanol–water partition coefficient (Wildman–Crippen LogP) is 6.89. The lowest BCUT2D eigenvalue weighted by Gasteiger charge is -2.19. The standard InChI is InChI=1S/C25H13Cl2F8N7O/c26-15-4-3-12(8-14(15)20(43)39-22(11-36)5-6-22)13-9-38-41(10-13)21-17(24(30,31)32)18(23(28,29)25(33,34)35)40-42(21)19-16(27)2-1-7-37-19/h1-4,7-10H,5-6H2,(H,39,43). The van der Waals surface area contributed by atoms with Gasteiger partial charge in [0.25, 0.3) is 5.91 Å². The van der Waals surface area contributed by atoms with Gasteiger partial charge in [-0.1, -0.05) is 29.3 Å². The van der Waals surface area contributed by atoms with Crippen LogP contribution in [0, 0.1) is 11.3 Å². The third-order valence-electron chi connectivity index (χ3n) is 6.40. The molecule has 224 valence electrons. The Hall–Kier alpha value is -4.23. The number of halogens is 10. The molecule has 1 aromatic carbocycles. The molecule has 0 radical (unpaired) electrons. The van der Waals surface area contributed by atoms with Crippen LogP contribution in [0.1, 0.15) is 34.5 Å². The lowest BCUT2D eigenvalue weighted by molar-refractivity contribution is -0.292. The van der Waals surface area contributed by atoms with E-state index >= 15 is 0 Å². The second-order valence-corrected chi connectivity index (χ2v) is 10.2. The van der Waals surface area contributed by atoms with Gasteiger partial charge in [-0.25, -0.2) is 9.67 Å². The van der Waals surface area contributed by atoms with Gasteiger partial charge in [0.2, 0.25) is 0 Å². The van der Waals surface area contributed by atoms with Crippen molar-refractivity contribution in [3.63, 3.8) is 0 Å². The summed E-state index contributed by atoms with van der Waals surface area (Å²) in [5.74, 6) is -8.81. The van der Waals surface area contributed by atoms with Gasteiger partial charge in [0, 0.05) is 18.0 Å². The van der Waals surface area contributed by atoms with Crippen molar-refractivity contribution in [3.05, 3.63) is 75.8 Å². The number of alkyl halides is 8. The number of nitriles is 1. The lowest BCUT2D eigenvalue weighted by Crippen LogP contribution is -2.36. The topological polar surface area (TPSA) is 101 Å². The number of hydrogen-bond acceptors (Lipinski definition) is 5. The van der Waals surface area contributed by atoms with Gasteiger partial charge in [0.1, 0.15) is 11.1 Å². The van der Waals surface area contributed by atoms with Gasteiger partial charge < -0.3 is 5.32 Å². The molecule has 3 aromatic heterocycles. The molecule has 43 heavy (non-hydrogen) atoms. The molecule has 4 aromatic rings. The molecule has 8 nitrogen and oxygen atoms in total. The fraction of sp³-hybridized carbons (Fsp3) is 0.240. The highest BCUT2D eigenvalue weighted by molar-refractivity contribution is 6.34. The fourth-order valence-electron chi connectivity index (χ4n) is 4.06. The van der Waals surface area contributed by atoms with Crippen LogP contribution >= 0.6 is 23.2 Å². The molecular formula is C25H13Cl2F8N7O. The summed E-state index contributed by atoms with van der Waals surface area (Å²) in [7, 11) is 0. The second-order valence-electron chi connectivity index (χ2n) is 9.35. The molecule has 1 saturated carbocycles. The van der Waals surface area contributed by atoms with Crippen LogP contribution in [0.3, 0.4) is 0 Å². The Labute approximate surface area is 245 Å². The van der Waals surface area contributed by atoms with Gasteiger partial charge >= 0.3 is 18.3 Å². The van der Waals surface area contributed by atoms with E-state index in [1.165, 1.54) is 24.3 Å². The molecular weight excluding hydrogens is 637 g/mol. The van der Waals surface area contributed by atoms with Crippen molar-refractivity contribution < 1.29 is 39.9 Å². The molecule has 3 heterocycles. The highest BCUT2D eigenvalue weighted by Gasteiger charge is 2.64. The first-order valence-electron chi connectivity index (χ1n) is 11.8. The molecule has 0 unspecified atom stereocenters. The first-order valence-corrected chi connectivity index (χ1v) is 12.6. The normalized spacial score (nSPS) is 14.8. The quantitative estimate of drug-likeness (QED) is 0.229. The maximum atomic E-state index is 14.5. The SMILES string of the molecule is N#CC1(NC(=O)c2cc(-c3cnn(-c4c(C(F)(F)F)c(C(F)(F)C(F)(F)F)nn4-c4ncccc4Cl)c3)ccc2Cl)CC1. The number of rotatable bonds is 6. The third-order valence-corrected chi connectivity index (χ3v) is 7.02. The predicted molar refractivity (Wildman–Crippen MR) is 134 cm³/mol. The van der Waals surface area contributed by atoms with Gasteiger partial charge in [-0.15, -0.1) is 0 Å². The summed E-state index contributed by atoms with van der Waals surface area (Å²) >= 11 is 12.2. The van der Waals surface area contributed by atoms with E-state index in [0.29, 0.717) is 17.5 Å². The van der Waals surface area contributed by atoms with Crippen molar-refractivity contribution in [1.82, 2.24) is 29.9 Å². The van der Waals surface area contributed by atoms with Crippen LogP contribution in [0.15, 0.2) is 48.9 Å². The number of aromatic nitrogens is 5. The van der Waals surface area contributed by atoms with Crippen LogP contribution in [0.25, 0.3) is 22.8 Å². The highest BCUT2D eigenvalue weighted by Crippen LogP contribution is 2.50. The summed E-state index contributed by atoms with van der Waals surface area (Å²) in [4.78, 5) is 16.5. The number of hydrogen-bond donors (Lipinski definition) is 1. The molecule has 0 aliphatic heterocycles. The molecule has 0 saturated heterocycles. The van der Waals surface area contributed by atoms with Gasteiger partial charge in [0.05, 0.1) is 27.9 Å². The molecule has 5 rings (SSSR count). The second kappa shape index (κ2) is 10.2. The van der Waals surface area contributed by atoms with Crippen LogP contribution in [-0.2, 0) is 12.1 Å². The minimum Gasteiger partial charge on any atom is -0.334 e. The van der Waals surface area contributed by atoms with Crippen LogP contribution < -0.4 is 5.32 Å². The molecule has 18 heteroatoms. The van der Waals surface area contributed by atoms with E-state index in [9.17, 15) is 45.2 Å². The van der Waals surface area contributed by atoms with E-state index in [-0.39, 0.29) is 26.4 Å². The third kappa shape index (κ3) is 5.38. The number of nitrogens with zero attached hydrogens (tertiary/aromatic N) is 6. The molecule has 1 aliphatic rings. The summed E-state index contributed by atoms with van der Waals surface area (Å²) in [5.41, 5.74) is -6.06. The maximum Gasteiger partial charge on any atom is 0.459 e. The lowest BCUT2D eigenvalue weighted by atomic mass is 10.1. The minimum atomic E-state index is -6.45. The first-order chi connectivity index (χ1) is 20.0. The summed E-state index contributed by atoms with van der Waals surface area (Å²) in [5, 5.41) is 18.1. The van der Waals surface area contributed by atoms with Gasteiger partial charge in [-0.05, 0) is 42.7 Å². The molecule has 0 bridgehead atoms. The van der Waals surface area contributed by atoms with E-state index in [0.717, 1.165) is 24.7 Å². The van der Waals surface area contributed by atoms with Gasteiger partial charge in [-0.3, -0.25) is 4.79 Å². The van der Waals surface area contributed by atoms with Crippen LogP contribution in [0.2, 0.25) is 10.0 Å². The average molecular weight is 650 g/mol. The zero-order valence-corrected chi connectivity index (χ0v) is 22.4. The van der Waals surface area contributed by atoms with E-state index < -0.39 is 57.6 Å². The number of carbonyl (C=O) groups is 1. The Morgan fingerprint density at radius 3 is 2.30 bits per heavy atom. The van der Waals surface area contributed by atoms with Crippen molar-refractivity contribution in [2.75, 3.05) is 0 Å². The monoisotopic (exact) mass is 649 g/mol. The van der Waals surface area contributed by atoms with Crippen LogP contribution in [0.5, 0.6) is 0 Å². The van der Waals surface area contributed by atoms with E-state index in [4.69, 9.17) is 23.2 Å². The minimum absolute atomic E-state index is 0.00394. The number of pyridine rings is 1. The Morgan fingerprint density at radius 1 is 1.02 bits per heavy atom.